The van der Waals surface area contributed by atoms with Crippen LogP contribution in [0.25, 0.3) is 0 Å². The van der Waals surface area contributed by atoms with E-state index in [0.717, 1.165) is 11.8 Å². The zero-order valence-corrected chi connectivity index (χ0v) is 11.6. The van der Waals surface area contributed by atoms with Crippen molar-refractivity contribution < 1.29 is 14.7 Å². The fourth-order valence-corrected chi connectivity index (χ4v) is 4.60. The summed E-state index contributed by atoms with van der Waals surface area (Å²) in [7, 11) is 0. The monoisotopic (exact) mass is 265 g/mol. The maximum absolute atomic E-state index is 12.3. The van der Waals surface area contributed by atoms with E-state index in [1.54, 1.807) is 0 Å². The molecule has 0 heterocycles. The Kier molecular flexibility index (Phi) is 3.06. The normalized spacial score (nSPS) is 40.1. The molecule has 3 rings (SSSR count). The molecular formula is C15H23NO3. The molecule has 0 radical (unpaired) electrons. The Labute approximate surface area is 113 Å². The van der Waals surface area contributed by atoms with Crippen molar-refractivity contribution in [3.8, 4) is 0 Å². The van der Waals surface area contributed by atoms with E-state index in [9.17, 15) is 9.59 Å². The molecule has 19 heavy (non-hydrogen) atoms. The standard InChI is InChI=1S/C15H23NO3/c1-7(2)10(6-11(17)18)16-15(19)14-12-8-3-4-9(5-8)13(12)14/h7-10,12-14H,3-6H2,1-2H3,(H,16,19)(H,17,18). The SMILES string of the molecule is CC(C)C(CC(=O)O)NC(=O)C1C2C3CCC(C3)C12. The van der Waals surface area contributed by atoms with Gasteiger partial charge in [-0.1, -0.05) is 13.8 Å². The summed E-state index contributed by atoms with van der Waals surface area (Å²) in [6.45, 7) is 3.93. The molecule has 0 aromatic rings. The van der Waals surface area contributed by atoms with Gasteiger partial charge in [-0.3, -0.25) is 9.59 Å². The Morgan fingerprint density at radius 1 is 1.21 bits per heavy atom. The average Bonchev–Trinajstić information content (AvgIpc) is 2.77. The second-order valence-corrected chi connectivity index (χ2v) is 6.97. The summed E-state index contributed by atoms with van der Waals surface area (Å²) in [4.78, 5) is 23.2. The lowest BCUT2D eigenvalue weighted by molar-refractivity contribution is -0.138. The molecule has 5 atom stereocenters. The van der Waals surface area contributed by atoms with Gasteiger partial charge >= 0.3 is 5.97 Å². The first-order valence-electron chi connectivity index (χ1n) is 7.51. The molecule has 3 fully saturated rings. The number of hydrogen-bond donors (Lipinski definition) is 2. The highest BCUT2D eigenvalue weighted by molar-refractivity contribution is 5.83. The molecule has 0 aromatic heterocycles. The van der Waals surface area contributed by atoms with Gasteiger partial charge in [0.15, 0.2) is 0 Å². The molecule has 3 saturated carbocycles. The number of carbonyl (C=O) groups is 2. The fraction of sp³-hybridized carbons (Fsp3) is 0.867. The van der Waals surface area contributed by atoms with Crippen molar-refractivity contribution in [1.82, 2.24) is 5.32 Å². The number of aliphatic carboxylic acids is 1. The van der Waals surface area contributed by atoms with Gasteiger partial charge in [0.1, 0.15) is 0 Å². The maximum Gasteiger partial charge on any atom is 0.305 e. The Hall–Kier alpha value is -1.06. The predicted molar refractivity (Wildman–Crippen MR) is 70.3 cm³/mol. The first kappa shape index (κ1) is 12.9. The lowest BCUT2D eigenvalue weighted by Gasteiger charge is -2.21. The molecule has 2 N–H and O–H groups in total. The smallest absolute Gasteiger partial charge is 0.305 e. The lowest BCUT2D eigenvalue weighted by Crippen LogP contribution is -2.41. The topological polar surface area (TPSA) is 66.4 Å². The van der Waals surface area contributed by atoms with Crippen LogP contribution in [0, 0.1) is 35.5 Å². The Morgan fingerprint density at radius 3 is 2.26 bits per heavy atom. The molecule has 2 bridgehead atoms. The van der Waals surface area contributed by atoms with Crippen LogP contribution in [-0.4, -0.2) is 23.0 Å². The highest BCUT2D eigenvalue weighted by Crippen LogP contribution is 2.69. The second-order valence-electron chi connectivity index (χ2n) is 6.97. The molecule has 0 saturated heterocycles. The van der Waals surface area contributed by atoms with Crippen LogP contribution < -0.4 is 5.32 Å². The number of hydrogen-bond acceptors (Lipinski definition) is 2. The van der Waals surface area contributed by atoms with Gasteiger partial charge in [-0.05, 0) is 48.9 Å². The summed E-state index contributed by atoms with van der Waals surface area (Å²) in [5.41, 5.74) is 0. The van der Waals surface area contributed by atoms with Crippen molar-refractivity contribution >= 4 is 11.9 Å². The Morgan fingerprint density at radius 2 is 1.79 bits per heavy atom. The van der Waals surface area contributed by atoms with Crippen LogP contribution in [-0.2, 0) is 9.59 Å². The third-order valence-corrected chi connectivity index (χ3v) is 5.56. The van der Waals surface area contributed by atoms with Gasteiger partial charge in [0.25, 0.3) is 0 Å². The quantitative estimate of drug-likeness (QED) is 0.797. The minimum absolute atomic E-state index is 0.0261. The number of rotatable bonds is 5. The van der Waals surface area contributed by atoms with Gasteiger partial charge in [-0.15, -0.1) is 0 Å². The van der Waals surface area contributed by atoms with Gasteiger partial charge in [-0.25, -0.2) is 0 Å². The van der Waals surface area contributed by atoms with Crippen molar-refractivity contribution in [2.45, 2.75) is 45.6 Å². The van der Waals surface area contributed by atoms with Crippen molar-refractivity contribution in [1.29, 1.82) is 0 Å². The minimum Gasteiger partial charge on any atom is -0.481 e. The van der Waals surface area contributed by atoms with Crippen molar-refractivity contribution in [3.05, 3.63) is 0 Å². The van der Waals surface area contributed by atoms with Crippen LogP contribution in [0.4, 0.5) is 0 Å². The molecule has 0 spiro atoms. The number of nitrogens with one attached hydrogen (secondary N) is 1. The zero-order chi connectivity index (χ0) is 13.7. The second kappa shape index (κ2) is 4.50. The molecule has 106 valence electrons. The third kappa shape index (κ3) is 2.15. The summed E-state index contributed by atoms with van der Waals surface area (Å²) >= 11 is 0. The summed E-state index contributed by atoms with van der Waals surface area (Å²) in [6.07, 6.45) is 3.97. The highest BCUT2D eigenvalue weighted by Gasteiger charge is 2.67. The summed E-state index contributed by atoms with van der Waals surface area (Å²) in [6, 6.07) is -0.232. The van der Waals surface area contributed by atoms with Crippen LogP contribution in [0.1, 0.15) is 39.5 Å². The maximum atomic E-state index is 12.3. The van der Waals surface area contributed by atoms with Crippen LogP contribution in [0.2, 0.25) is 0 Å². The van der Waals surface area contributed by atoms with E-state index < -0.39 is 5.97 Å². The molecule has 3 aliphatic carbocycles. The molecule has 5 unspecified atom stereocenters. The van der Waals surface area contributed by atoms with Crippen LogP contribution in [0.5, 0.6) is 0 Å². The van der Waals surface area contributed by atoms with Crippen molar-refractivity contribution in [2.24, 2.45) is 35.5 Å². The number of carbonyl (C=O) groups excluding carboxylic acids is 1. The molecule has 1 amide bonds. The van der Waals surface area contributed by atoms with Crippen LogP contribution in [0.15, 0.2) is 0 Å². The number of fused-ring (bicyclic) bond motifs is 5. The van der Waals surface area contributed by atoms with E-state index in [2.05, 4.69) is 5.32 Å². The molecular weight excluding hydrogens is 242 g/mol. The van der Waals surface area contributed by atoms with Crippen molar-refractivity contribution in [3.63, 3.8) is 0 Å². The Bertz CT molecular complexity index is 390. The van der Waals surface area contributed by atoms with Gasteiger partial charge < -0.3 is 10.4 Å². The van der Waals surface area contributed by atoms with Gasteiger partial charge in [0, 0.05) is 12.0 Å². The minimum atomic E-state index is -0.838. The van der Waals surface area contributed by atoms with E-state index in [0.29, 0.717) is 11.8 Å². The van der Waals surface area contributed by atoms with Gasteiger partial charge in [0.05, 0.1) is 6.42 Å². The van der Waals surface area contributed by atoms with E-state index in [1.807, 2.05) is 13.8 Å². The zero-order valence-electron chi connectivity index (χ0n) is 11.6. The van der Waals surface area contributed by atoms with Crippen LogP contribution in [0.3, 0.4) is 0 Å². The van der Waals surface area contributed by atoms with E-state index in [1.165, 1.54) is 19.3 Å². The van der Waals surface area contributed by atoms with E-state index >= 15 is 0 Å². The highest BCUT2D eigenvalue weighted by atomic mass is 16.4. The number of carboxylic acid groups (broad SMARTS) is 1. The largest absolute Gasteiger partial charge is 0.481 e. The fourth-order valence-electron chi connectivity index (χ4n) is 4.60. The molecule has 4 heteroatoms. The number of carboxylic acids is 1. The first-order chi connectivity index (χ1) is 8.99. The van der Waals surface area contributed by atoms with Crippen molar-refractivity contribution in [2.75, 3.05) is 0 Å². The van der Waals surface area contributed by atoms with Crippen LogP contribution >= 0.6 is 0 Å². The van der Waals surface area contributed by atoms with E-state index in [-0.39, 0.29) is 30.2 Å². The molecule has 3 aliphatic rings. The Balaban J connectivity index is 1.58. The first-order valence-corrected chi connectivity index (χ1v) is 7.51. The molecule has 0 aromatic carbocycles. The molecule has 4 nitrogen and oxygen atoms in total. The lowest BCUT2D eigenvalue weighted by atomic mass is 9.98. The third-order valence-electron chi connectivity index (χ3n) is 5.56. The molecule has 0 aliphatic heterocycles. The van der Waals surface area contributed by atoms with E-state index in [4.69, 9.17) is 5.11 Å². The van der Waals surface area contributed by atoms with Gasteiger partial charge in [0.2, 0.25) is 5.91 Å². The van der Waals surface area contributed by atoms with Gasteiger partial charge in [-0.2, -0.15) is 0 Å². The summed E-state index contributed by atoms with van der Waals surface area (Å²) in [5, 5.41) is 11.9. The summed E-state index contributed by atoms with van der Waals surface area (Å²) < 4.78 is 0. The predicted octanol–water partition coefficient (Wildman–Crippen LogP) is 1.89. The number of amides is 1. The summed E-state index contributed by atoms with van der Waals surface area (Å²) in [5.74, 6) is 2.44. The average molecular weight is 265 g/mol.